The third-order valence-electron chi connectivity index (χ3n) is 5.34. The largest absolute Gasteiger partial charge is 0.495 e. The molecule has 0 aliphatic carbocycles. The summed E-state index contributed by atoms with van der Waals surface area (Å²) < 4.78 is 5.49. The van der Waals surface area contributed by atoms with Gasteiger partial charge < -0.3 is 19.9 Å². The number of rotatable bonds is 5. The van der Waals surface area contributed by atoms with Crippen molar-refractivity contribution in [2.24, 2.45) is 0 Å². The first kappa shape index (κ1) is 19.5. The molecule has 1 aliphatic heterocycles. The number of hydrogen-bond donors (Lipinski definition) is 1. The molecule has 2 aromatic carbocycles. The highest BCUT2D eigenvalue weighted by atomic mass is 32.1. The molecule has 1 fully saturated rings. The van der Waals surface area contributed by atoms with Crippen LogP contribution in [0.3, 0.4) is 0 Å². The van der Waals surface area contributed by atoms with E-state index in [0.29, 0.717) is 5.92 Å². The van der Waals surface area contributed by atoms with Gasteiger partial charge in [-0.1, -0.05) is 38.1 Å². The molecule has 0 bridgehead atoms. The molecule has 1 atom stereocenters. The summed E-state index contributed by atoms with van der Waals surface area (Å²) in [5.41, 5.74) is 3.58. The molecule has 3 rings (SSSR count). The Morgan fingerprint density at radius 1 is 1.07 bits per heavy atom. The third kappa shape index (κ3) is 4.72. The maximum Gasteiger partial charge on any atom is 0.173 e. The smallest absolute Gasteiger partial charge is 0.173 e. The maximum atomic E-state index is 5.64. The highest BCUT2D eigenvalue weighted by Crippen LogP contribution is 2.28. The minimum atomic E-state index is 0.592. The van der Waals surface area contributed by atoms with Crippen molar-refractivity contribution in [1.82, 2.24) is 4.90 Å². The SMILES string of the molecule is CCC(C)c1ccc(NC(=S)N2CCN(c3ccccc3OC)CC2)cc1. The van der Waals surface area contributed by atoms with E-state index >= 15 is 0 Å². The summed E-state index contributed by atoms with van der Waals surface area (Å²) in [4.78, 5) is 4.60. The van der Waals surface area contributed by atoms with Crippen molar-refractivity contribution in [1.29, 1.82) is 0 Å². The fraction of sp³-hybridized carbons (Fsp3) is 0.409. The number of anilines is 2. The molecule has 0 saturated carbocycles. The van der Waals surface area contributed by atoms with Crippen LogP contribution in [0.2, 0.25) is 0 Å². The van der Waals surface area contributed by atoms with Crippen molar-refractivity contribution < 1.29 is 4.74 Å². The molecule has 0 aromatic heterocycles. The number of ether oxygens (including phenoxy) is 1. The molecule has 27 heavy (non-hydrogen) atoms. The van der Waals surface area contributed by atoms with Crippen LogP contribution in [0.5, 0.6) is 5.75 Å². The average Bonchev–Trinajstić information content (AvgIpc) is 2.73. The summed E-state index contributed by atoms with van der Waals surface area (Å²) in [5, 5.41) is 4.18. The van der Waals surface area contributed by atoms with Gasteiger partial charge in [-0.2, -0.15) is 0 Å². The van der Waals surface area contributed by atoms with Crippen molar-refractivity contribution in [3.05, 3.63) is 54.1 Å². The van der Waals surface area contributed by atoms with Crippen LogP contribution in [0.25, 0.3) is 0 Å². The lowest BCUT2D eigenvalue weighted by molar-refractivity contribution is 0.382. The summed E-state index contributed by atoms with van der Waals surface area (Å²) in [6.45, 7) is 8.12. The van der Waals surface area contributed by atoms with Crippen LogP contribution < -0.4 is 15.0 Å². The van der Waals surface area contributed by atoms with Gasteiger partial charge in [0.25, 0.3) is 0 Å². The highest BCUT2D eigenvalue weighted by Gasteiger charge is 2.21. The molecule has 1 saturated heterocycles. The zero-order valence-corrected chi connectivity index (χ0v) is 17.3. The van der Waals surface area contributed by atoms with Gasteiger partial charge in [-0.25, -0.2) is 0 Å². The number of nitrogens with one attached hydrogen (secondary N) is 1. The number of methoxy groups -OCH3 is 1. The zero-order valence-electron chi connectivity index (χ0n) is 16.4. The predicted molar refractivity (Wildman–Crippen MR) is 118 cm³/mol. The van der Waals surface area contributed by atoms with Crippen LogP contribution in [0.15, 0.2) is 48.5 Å². The topological polar surface area (TPSA) is 27.7 Å². The summed E-state index contributed by atoms with van der Waals surface area (Å²) in [6.07, 6.45) is 1.15. The van der Waals surface area contributed by atoms with E-state index in [0.717, 1.165) is 54.8 Å². The molecule has 0 radical (unpaired) electrons. The Hall–Kier alpha value is -2.27. The second-order valence-electron chi connectivity index (χ2n) is 7.01. The Balaban J connectivity index is 1.55. The molecular formula is C22H29N3OS. The quantitative estimate of drug-likeness (QED) is 0.754. The molecule has 0 spiro atoms. The van der Waals surface area contributed by atoms with Crippen molar-refractivity contribution in [3.8, 4) is 5.75 Å². The summed E-state index contributed by atoms with van der Waals surface area (Å²) in [5.74, 6) is 1.52. The number of para-hydroxylation sites is 2. The van der Waals surface area contributed by atoms with Crippen LogP contribution in [-0.4, -0.2) is 43.3 Å². The van der Waals surface area contributed by atoms with E-state index in [1.807, 2.05) is 12.1 Å². The number of benzene rings is 2. The normalized spacial score (nSPS) is 15.4. The molecule has 1 unspecified atom stereocenters. The van der Waals surface area contributed by atoms with E-state index < -0.39 is 0 Å². The van der Waals surface area contributed by atoms with Gasteiger partial charge in [0, 0.05) is 31.9 Å². The molecule has 0 amide bonds. The second-order valence-corrected chi connectivity index (χ2v) is 7.39. The predicted octanol–water partition coefficient (Wildman–Crippen LogP) is 4.73. The van der Waals surface area contributed by atoms with Gasteiger partial charge in [0.1, 0.15) is 5.75 Å². The third-order valence-corrected chi connectivity index (χ3v) is 5.70. The lowest BCUT2D eigenvalue weighted by Crippen LogP contribution is -2.50. The lowest BCUT2D eigenvalue weighted by Gasteiger charge is -2.37. The zero-order chi connectivity index (χ0) is 19.2. The van der Waals surface area contributed by atoms with E-state index in [-0.39, 0.29) is 0 Å². The van der Waals surface area contributed by atoms with E-state index in [4.69, 9.17) is 17.0 Å². The number of hydrogen-bond acceptors (Lipinski definition) is 3. The van der Waals surface area contributed by atoms with Crippen LogP contribution in [-0.2, 0) is 0 Å². The lowest BCUT2D eigenvalue weighted by atomic mass is 9.99. The molecular weight excluding hydrogens is 354 g/mol. The van der Waals surface area contributed by atoms with Gasteiger partial charge in [0.2, 0.25) is 0 Å². The van der Waals surface area contributed by atoms with E-state index in [1.165, 1.54) is 5.56 Å². The average molecular weight is 384 g/mol. The molecule has 144 valence electrons. The second kappa shape index (κ2) is 9.09. The minimum absolute atomic E-state index is 0.592. The highest BCUT2D eigenvalue weighted by molar-refractivity contribution is 7.80. The Bertz CT molecular complexity index is 754. The van der Waals surface area contributed by atoms with Gasteiger partial charge in [-0.05, 0) is 54.4 Å². The van der Waals surface area contributed by atoms with Crippen LogP contribution in [0.1, 0.15) is 31.7 Å². The molecule has 2 aromatic rings. The first-order valence-electron chi connectivity index (χ1n) is 9.66. The Morgan fingerprint density at radius 3 is 2.37 bits per heavy atom. The molecule has 1 heterocycles. The van der Waals surface area contributed by atoms with E-state index in [1.54, 1.807) is 7.11 Å². The minimum Gasteiger partial charge on any atom is -0.495 e. The van der Waals surface area contributed by atoms with Crippen molar-refractivity contribution in [2.75, 3.05) is 43.5 Å². The molecule has 1 aliphatic rings. The first-order chi connectivity index (χ1) is 13.1. The molecule has 4 nitrogen and oxygen atoms in total. The fourth-order valence-electron chi connectivity index (χ4n) is 3.37. The summed E-state index contributed by atoms with van der Waals surface area (Å²) in [6, 6.07) is 16.8. The van der Waals surface area contributed by atoms with Gasteiger partial charge in [-0.3, -0.25) is 0 Å². The number of thiocarbonyl (C=S) groups is 1. The fourth-order valence-corrected chi connectivity index (χ4v) is 3.68. The van der Waals surface area contributed by atoms with Crippen molar-refractivity contribution >= 4 is 28.7 Å². The van der Waals surface area contributed by atoms with Gasteiger partial charge in [0.15, 0.2) is 5.11 Å². The van der Waals surface area contributed by atoms with Gasteiger partial charge in [-0.15, -0.1) is 0 Å². The van der Waals surface area contributed by atoms with Crippen LogP contribution in [0, 0.1) is 0 Å². The summed E-state index contributed by atoms with van der Waals surface area (Å²) >= 11 is 5.64. The van der Waals surface area contributed by atoms with Crippen molar-refractivity contribution in [2.45, 2.75) is 26.2 Å². The molecule has 1 N–H and O–H groups in total. The van der Waals surface area contributed by atoms with Crippen LogP contribution >= 0.6 is 12.2 Å². The van der Waals surface area contributed by atoms with Crippen LogP contribution in [0.4, 0.5) is 11.4 Å². The van der Waals surface area contributed by atoms with Gasteiger partial charge >= 0.3 is 0 Å². The Kier molecular flexibility index (Phi) is 6.56. The summed E-state index contributed by atoms with van der Waals surface area (Å²) in [7, 11) is 1.72. The number of piperazine rings is 1. The molecule has 5 heteroatoms. The Labute approximate surface area is 168 Å². The maximum absolute atomic E-state index is 5.64. The standard InChI is InChI=1S/C22H29N3OS/c1-4-17(2)18-9-11-19(12-10-18)23-22(27)25-15-13-24(14-16-25)20-7-5-6-8-21(20)26-3/h5-12,17H,4,13-16H2,1-3H3,(H,23,27). The first-order valence-corrected chi connectivity index (χ1v) is 10.1. The monoisotopic (exact) mass is 383 g/mol. The van der Waals surface area contributed by atoms with Gasteiger partial charge in [0.05, 0.1) is 12.8 Å². The Morgan fingerprint density at radius 2 is 1.74 bits per heavy atom. The van der Waals surface area contributed by atoms with E-state index in [9.17, 15) is 0 Å². The van der Waals surface area contributed by atoms with E-state index in [2.05, 4.69) is 65.4 Å². The van der Waals surface area contributed by atoms with Crippen molar-refractivity contribution in [3.63, 3.8) is 0 Å². The number of nitrogens with zero attached hydrogens (tertiary/aromatic N) is 2.